The Bertz CT molecular complexity index is 1040. The van der Waals surface area contributed by atoms with Crippen LogP contribution in [0.15, 0.2) is 48.5 Å². The number of piperidine rings is 1. The largest absolute Gasteiger partial charge is 0.496 e. The van der Waals surface area contributed by atoms with E-state index >= 15 is 0 Å². The lowest BCUT2D eigenvalue weighted by Crippen LogP contribution is -2.54. The fourth-order valence-electron chi connectivity index (χ4n) is 4.95. The van der Waals surface area contributed by atoms with Gasteiger partial charge in [-0.05, 0) is 62.8 Å². The number of hydrogen-bond acceptors (Lipinski definition) is 4. The van der Waals surface area contributed by atoms with Gasteiger partial charge in [-0.2, -0.15) is 0 Å². The number of hydrogen-bond donors (Lipinski definition) is 1. The van der Waals surface area contributed by atoms with E-state index in [1.54, 1.807) is 25.3 Å². The van der Waals surface area contributed by atoms with Gasteiger partial charge in [0.05, 0.1) is 12.7 Å². The Labute approximate surface area is 201 Å². The van der Waals surface area contributed by atoms with Gasteiger partial charge in [-0.1, -0.05) is 29.8 Å². The molecule has 0 saturated carbocycles. The first-order chi connectivity index (χ1) is 16.5. The van der Waals surface area contributed by atoms with Crippen LogP contribution < -0.4 is 10.1 Å². The first-order valence-corrected chi connectivity index (χ1v) is 12.1. The molecular weight excluding hydrogens is 430 g/mol. The lowest BCUT2D eigenvalue weighted by molar-refractivity contribution is -0.134. The molecule has 1 unspecified atom stereocenters. The third-order valence-corrected chi connectivity index (χ3v) is 6.89. The Hall–Kier alpha value is -3.35. The minimum absolute atomic E-state index is 0.00647. The van der Waals surface area contributed by atoms with E-state index in [4.69, 9.17) is 4.74 Å². The standard InChI is InChI=1S/C27H33N3O4/c1-19-8-7-9-21(18-19)25(31)28-24(27(33)29-14-5-6-15-29)20-12-16-30(17-13-20)26(32)22-10-3-4-11-23(22)34-2/h3-4,7-11,18,20,24H,5-6,12-17H2,1-2H3,(H,28,31). The molecule has 180 valence electrons. The van der Waals surface area contributed by atoms with Crippen molar-refractivity contribution < 1.29 is 19.1 Å². The number of carbonyl (C=O) groups excluding carboxylic acids is 3. The number of nitrogens with zero attached hydrogens (tertiary/aromatic N) is 2. The molecule has 3 amide bonds. The van der Waals surface area contributed by atoms with E-state index in [-0.39, 0.29) is 23.6 Å². The molecule has 7 nitrogen and oxygen atoms in total. The van der Waals surface area contributed by atoms with Crippen LogP contribution in [0.4, 0.5) is 0 Å². The summed E-state index contributed by atoms with van der Waals surface area (Å²) in [5.74, 6) is 0.231. The van der Waals surface area contributed by atoms with Crippen molar-refractivity contribution in [3.05, 3.63) is 65.2 Å². The van der Waals surface area contributed by atoms with Crippen LogP contribution in [0.2, 0.25) is 0 Å². The summed E-state index contributed by atoms with van der Waals surface area (Å²) >= 11 is 0. The summed E-state index contributed by atoms with van der Waals surface area (Å²) in [7, 11) is 1.56. The minimum atomic E-state index is -0.588. The highest BCUT2D eigenvalue weighted by Crippen LogP contribution is 2.27. The normalized spacial score (nSPS) is 17.4. The highest BCUT2D eigenvalue weighted by atomic mass is 16.5. The molecule has 0 radical (unpaired) electrons. The van der Waals surface area contributed by atoms with Gasteiger partial charge in [0, 0.05) is 31.7 Å². The second-order valence-corrected chi connectivity index (χ2v) is 9.18. The van der Waals surface area contributed by atoms with Gasteiger partial charge in [0.2, 0.25) is 5.91 Å². The first kappa shape index (κ1) is 23.8. The van der Waals surface area contributed by atoms with Gasteiger partial charge in [0.1, 0.15) is 11.8 Å². The molecule has 1 atom stereocenters. The quantitative estimate of drug-likeness (QED) is 0.713. The smallest absolute Gasteiger partial charge is 0.257 e. The minimum Gasteiger partial charge on any atom is -0.496 e. The molecular formula is C27H33N3O4. The van der Waals surface area contributed by atoms with Crippen molar-refractivity contribution in [1.29, 1.82) is 0 Å². The summed E-state index contributed by atoms with van der Waals surface area (Å²) in [4.78, 5) is 43.2. The zero-order valence-corrected chi connectivity index (χ0v) is 20.0. The molecule has 2 heterocycles. The SMILES string of the molecule is COc1ccccc1C(=O)N1CCC(C(NC(=O)c2cccc(C)c2)C(=O)N2CCCC2)CC1. The Morgan fingerprint density at radius 3 is 2.32 bits per heavy atom. The molecule has 1 N–H and O–H groups in total. The number of aryl methyl sites for hydroxylation is 1. The van der Waals surface area contributed by atoms with E-state index in [1.165, 1.54) is 0 Å². The fraction of sp³-hybridized carbons (Fsp3) is 0.444. The van der Waals surface area contributed by atoms with Crippen LogP contribution in [-0.2, 0) is 4.79 Å². The highest BCUT2D eigenvalue weighted by molar-refractivity contribution is 5.98. The predicted molar refractivity (Wildman–Crippen MR) is 130 cm³/mol. The third kappa shape index (κ3) is 5.24. The van der Waals surface area contributed by atoms with Crippen LogP contribution in [0.25, 0.3) is 0 Å². The van der Waals surface area contributed by atoms with Crippen molar-refractivity contribution >= 4 is 17.7 Å². The maximum absolute atomic E-state index is 13.4. The molecule has 2 aromatic carbocycles. The Balaban J connectivity index is 1.47. The highest BCUT2D eigenvalue weighted by Gasteiger charge is 2.37. The molecule has 2 saturated heterocycles. The van der Waals surface area contributed by atoms with Crippen LogP contribution in [0.1, 0.15) is 52.0 Å². The Kier molecular flexibility index (Phi) is 7.50. The first-order valence-electron chi connectivity index (χ1n) is 12.1. The molecule has 0 aromatic heterocycles. The second kappa shape index (κ2) is 10.7. The maximum Gasteiger partial charge on any atom is 0.257 e. The molecule has 0 spiro atoms. The molecule has 7 heteroatoms. The number of carbonyl (C=O) groups is 3. The van der Waals surface area contributed by atoms with Crippen molar-refractivity contribution in [3.8, 4) is 5.75 Å². The van der Waals surface area contributed by atoms with Gasteiger partial charge >= 0.3 is 0 Å². The van der Waals surface area contributed by atoms with Gasteiger partial charge < -0.3 is 19.9 Å². The maximum atomic E-state index is 13.4. The number of amides is 3. The fourth-order valence-corrected chi connectivity index (χ4v) is 4.95. The van der Waals surface area contributed by atoms with Gasteiger partial charge in [-0.15, -0.1) is 0 Å². The zero-order chi connectivity index (χ0) is 24.1. The number of benzene rings is 2. The van der Waals surface area contributed by atoms with Crippen LogP contribution >= 0.6 is 0 Å². The number of likely N-dealkylation sites (tertiary alicyclic amines) is 2. The van der Waals surface area contributed by atoms with Crippen LogP contribution in [0, 0.1) is 12.8 Å². The van der Waals surface area contributed by atoms with Crippen molar-refractivity contribution in [3.63, 3.8) is 0 Å². The summed E-state index contributed by atoms with van der Waals surface area (Å²) < 4.78 is 5.35. The molecule has 2 aliphatic heterocycles. The van der Waals surface area contributed by atoms with Crippen LogP contribution in [-0.4, -0.2) is 66.9 Å². The van der Waals surface area contributed by atoms with Gasteiger partial charge in [-0.25, -0.2) is 0 Å². The van der Waals surface area contributed by atoms with Crippen molar-refractivity contribution in [2.75, 3.05) is 33.3 Å². The van der Waals surface area contributed by atoms with E-state index in [0.29, 0.717) is 42.8 Å². The summed E-state index contributed by atoms with van der Waals surface area (Å²) in [6.07, 6.45) is 3.30. The summed E-state index contributed by atoms with van der Waals surface area (Å²) in [6.45, 7) is 4.48. The third-order valence-electron chi connectivity index (χ3n) is 6.89. The van der Waals surface area contributed by atoms with Crippen molar-refractivity contribution in [2.24, 2.45) is 5.92 Å². The Morgan fingerprint density at radius 2 is 1.65 bits per heavy atom. The van der Waals surface area contributed by atoms with E-state index in [9.17, 15) is 14.4 Å². The predicted octanol–water partition coefficient (Wildman–Crippen LogP) is 3.28. The van der Waals surface area contributed by atoms with Gasteiger partial charge in [0.25, 0.3) is 11.8 Å². The zero-order valence-electron chi connectivity index (χ0n) is 20.0. The number of para-hydroxylation sites is 1. The summed E-state index contributed by atoms with van der Waals surface area (Å²) in [5.41, 5.74) is 2.10. The molecule has 4 rings (SSSR count). The molecule has 2 aromatic rings. The molecule has 0 aliphatic carbocycles. The van der Waals surface area contributed by atoms with Gasteiger partial charge in [-0.3, -0.25) is 14.4 Å². The van der Waals surface area contributed by atoms with Crippen molar-refractivity contribution in [2.45, 2.75) is 38.6 Å². The molecule has 2 fully saturated rings. The number of methoxy groups -OCH3 is 1. The van der Waals surface area contributed by atoms with Crippen LogP contribution in [0.5, 0.6) is 5.75 Å². The number of rotatable bonds is 6. The van der Waals surface area contributed by atoms with Crippen LogP contribution in [0.3, 0.4) is 0 Å². The van der Waals surface area contributed by atoms with E-state index in [2.05, 4.69) is 5.32 Å². The average Bonchev–Trinajstić information content (AvgIpc) is 3.41. The second-order valence-electron chi connectivity index (χ2n) is 9.18. The average molecular weight is 464 g/mol. The van der Waals surface area contributed by atoms with E-state index < -0.39 is 6.04 Å². The van der Waals surface area contributed by atoms with Crippen molar-refractivity contribution in [1.82, 2.24) is 15.1 Å². The molecule has 34 heavy (non-hydrogen) atoms. The lowest BCUT2D eigenvalue weighted by atomic mass is 9.88. The summed E-state index contributed by atoms with van der Waals surface area (Å²) in [6, 6.07) is 14.0. The van der Waals surface area contributed by atoms with Gasteiger partial charge in [0.15, 0.2) is 0 Å². The Morgan fingerprint density at radius 1 is 0.941 bits per heavy atom. The molecule has 2 aliphatic rings. The number of ether oxygens (including phenoxy) is 1. The number of nitrogens with one attached hydrogen (secondary N) is 1. The molecule has 0 bridgehead atoms. The summed E-state index contributed by atoms with van der Waals surface area (Å²) in [5, 5.41) is 3.05. The van der Waals surface area contributed by atoms with E-state index in [1.807, 2.05) is 47.1 Å². The van der Waals surface area contributed by atoms with E-state index in [0.717, 1.165) is 31.5 Å². The lowest BCUT2D eigenvalue weighted by Gasteiger charge is -2.37. The monoisotopic (exact) mass is 463 g/mol. The topological polar surface area (TPSA) is 79.0 Å².